The van der Waals surface area contributed by atoms with Crippen LogP contribution in [0.5, 0.6) is 0 Å². The highest BCUT2D eigenvalue weighted by molar-refractivity contribution is 7.07. The highest BCUT2D eigenvalue weighted by atomic mass is 32.1. The molecule has 0 spiro atoms. The van der Waals surface area contributed by atoms with Crippen LogP contribution in [0.25, 0.3) is 0 Å². The Morgan fingerprint density at radius 3 is 2.94 bits per heavy atom. The molecule has 2 aromatic heterocycles. The maximum absolute atomic E-state index is 5.71. The number of nitrogens with two attached hydrogens (primary N) is 1. The Hall–Kier alpha value is -1.55. The second-order valence-electron chi connectivity index (χ2n) is 3.68. The van der Waals surface area contributed by atoms with Gasteiger partial charge in [-0.1, -0.05) is 0 Å². The van der Waals surface area contributed by atoms with Gasteiger partial charge in [-0.25, -0.2) is 4.98 Å². The van der Waals surface area contributed by atoms with Crippen molar-refractivity contribution in [2.24, 2.45) is 0 Å². The highest BCUT2D eigenvalue weighted by Crippen LogP contribution is 2.12. The lowest BCUT2D eigenvalue weighted by molar-refractivity contribution is 1.01. The van der Waals surface area contributed by atoms with E-state index in [0.29, 0.717) is 0 Å². The largest absolute Gasteiger partial charge is 0.397 e. The lowest BCUT2D eigenvalue weighted by Crippen LogP contribution is -2.06. The summed E-state index contributed by atoms with van der Waals surface area (Å²) in [4.78, 5) is 4.36. The van der Waals surface area contributed by atoms with Gasteiger partial charge < -0.3 is 11.1 Å². The van der Waals surface area contributed by atoms with E-state index in [1.165, 1.54) is 5.56 Å². The number of anilines is 2. The van der Waals surface area contributed by atoms with Crippen molar-refractivity contribution in [3.8, 4) is 0 Å². The van der Waals surface area contributed by atoms with Crippen LogP contribution in [0.1, 0.15) is 11.3 Å². The van der Waals surface area contributed by atoms with Gasteiger partial charge in [0.25, 0.3) is 0 Å². The van der Waals surface area contributed by atoms with Gasteiger partial charge in [0.05, 0.1) is 11.4 Å². The minimum absolute atomic E-state index is 0.739. The fourth-order valence-electron chi connectivity index (χ4n) is 1.44. The van der Waals surface area contributed by atoms with E-state index < -0.39 is 0 Å². The average Bonchev–Trinajstić information content (AvgIpc) is 2.76. The van der Waals surface area contributed by atoms with Crippen molar-refractivity contribution in [2.75, 3.05) is 17.6 Å². The first kappa shape index (κ1) is 11.0. The number of aromatic nitrogens is 1. The number of nitrogens with one attached hydrogen (secondary N) is 1. The third-order valence-electron chi connectivity index (χ3n) is 2.43. The minimum Gasteiger partial charge on any atom is -0.397 e. The number of rotatable bonds is 4. The Morgan fingerprint density at radius 2 is 2.25 bits per heavy atom. The molecule has 0 saturated carbocycles. The maximum Gasteiger partial charge on any atom is 0.126 e. The molecule has 3 nitrogen and oxygen atoms in total. The molecule has 0 aliphatic rings. The molecule has 16 heavy (non-hydrogen) atoms. The summed E-state index contributed by atoms with van der Waals surface area (Å²) in [6.45, 7) is 2.81. The van der Waals surface area contributed by atoms with Gasteiger partial charge >= 0.3 is 0 Å². The highest BCUT2D eigenvalue weighted by Gasteiger charge is 1.98. The van der Waals surface area contributed by atoms with E-state index >= 15 is 0 Å². The number of hydrogen-bond acceptors (Lipinski definition) is 4. The Morgan fingerprint density at radius 1 is 1.38 bits per heavy atom. The molecule has 3 N–H and O–H groups in total. The van der Waals surface area contributed by atoms with Crippen molar-refractivity contribution in [1.82, 2.24) is 4.98 Å². The standard InChI is InChI=1S/C12H15N3S/c1-9-11(13)2-3-12(15-9)14-6-4-10-5-7-16-8-10/h2-3,5,7-8H,4,6,13H2,1H3,(H,14,15). The molecule has 0 radical (unpaired) electrons. The van der Waals surface area contributed by atoms with E-state index in [-0.39, 0.29) is 0 Å². The van der Waals surface area contributed by atoms with Crippen LogP contribution in [-0.2, 0) is 6.42 Å². The van der Waals surface area contributed by atoms with Gasteiger partial charge in [-0.3, -0.25) is 0 Å². The molecule has 0 aliphatic carbocycles. The van der Waals surface area contributed by atoms with E-state index in [1.54, 1.807) is 11.3 Å². The Labute approximate surface area is 99.3 Å². The molecular formula is C12H15N3S. The van der Waals surface area contributed by atoms with E-state index in [0.717, 1.165) is 30.2 Å². The number of pyridine rings is 1. The summed E-state index contributed by atoms with van der Waals surface area (Å²) in [6, 6.07) is 5.94. The number of aryl methyl sites for hydroxylation is 1. The van der Waals surface area contributed by atoms with E-state index in [2.05, 4.69) is 27.1 Å². The average molecular weight is 233 g/mol. The van der Waals surface area contributed by atoms with Gasteiger partial charge in [0, 0.05) is 6.54 Å². The van der Waals surface area contributed by atoms with Crippen molar-refractivity contribution < 1.29 is 0 Å². The monoisotopic (exact) mass is 233 g/mol. The van der Waals surface area contributed by atoms with Crippen LogP contribution >= 0.6 is 11.3 Å². The zero-order valence-electron chi connectivity index (χ0n) is 9.23. The zero-order chi connectivity index (χ0) is 11.4. The molecular weight excluding hydrogens is 218 g/mol. The summed E-state index contributed by atoms with van der Waals surface area (Å²) in [5.74, 6) is 0.891. The first-order valence-corrected chi connectivity index (χ1v) is 6.18. The lowest BCUT2D eigenvalue weighted by atomic mass is 10.2. The SMILES string of the molecule is Cc1nc(NCCc2ccsc2)ccc1N. The minimum atomic E-state index is 0.739. The van der Waals surface area contributed by atoms with Crippen molar-refractivity contribution >= 4 is 22.8 Å². The summed E-state index contributed by atoms with van der Waals surface area (Å²) in [5, 5.41) is 7.56. The van der Waals surface area contributed by atoms with Gasteiger partial charge in [-0.15, -0.1) is 0 Å². The number of nitrogen functional groups attached to an aromatic ring is 1. The molecule has 0 saturated heterocycles. The smallest absolute Gasteiger partial charge is 0.126 e. The van der Waals surface area contributed by atoms with Crippen LogP contribution in [-0.4, -0.2) is 11.5 Å². The first-order valence-electron chi connectivity index (χ1n) is 5.24. The maximum atomic E-state index is 5.71. The Bertz CT molecular complexity index is 451. The fraction of sp³-hybridized carbons (Fsp3) is 0.250. The first-order chi connectivity index (χ1) is 7.75. The second-order valence-corrected chi connectivity index (χ2v) is 4.46. The summed E-state index contributed by atoms with van der Waals surface area (Å²) in [7, 11) is 0. The predicted octanol–water partition coefficient (Wildman–Crippen LogP) is 2.69. The number of nitrogens with zero attached hydrogens (tertiary/aromatic N) is 1. The summed E-state index contributed by atoms with van der Waals surface area (Å²) in [5.41, 5.74) is 8.69. The molecule has 4 heteroatoms. The summed E-state index contributed by atoms with van der Waals surface area (Å²) in [6.07, 6.45) is 1.02. The van der Waals surface area contributed by atoms with E-state index in [9.17, 15) is 0 Å². The van der Waals surface area contributed by atoms with Gasteiger partial charge in [0.15, 0.2) is 0 Å². The van der Waals surface area contributed by atoms with Gasteiger partial charge in [-0.05, 0) is 47.9 Å². The predicted molar refractivity (Wildman–Crippen MR) is 69.9 cm³/mol. The molecule has 0 aliphatic heterocycles. The van der Waals surface area contributed by atoms with Crippen molar-refractivity contribution in [2.45, 2.75) is 13.3 Å². The van der Waals surface area contributed by atoms with Crippen LogP contribution in [0.4, 0.5) is 11.5 Å². The Kier molecular flexibility index (Phi) is 3.41. The van der Waals surface area contributed by atoms with Gasteiger partial charge in [-0.2, -0.15) is 11.3 Å². The molecule has 0 amide bonds. The third-order valence-corrected chi connectivity index (χ3v) is 3.16. The van der Waals surface area contributed by atoms with E-state index in [1.807, 2.05) is 19.1 Å². The topological polar surface area (TPSA) is 50.9 Å². The second kappa shape index (κ2) is 4.99. The molecule has 2 heterocycles. The van der Waals surface area contributed by atoms with Crippen LogP contribution in [0.3, 0.4) is 0 Å². The molecule has 0 unspecified atom stereocenters. The van der Waals surface area contributed by atoms with Gasteiger partial charge in [0.2, 0.25) is 0 Å². The van der Waals surface area contributed by atoms with Crippen LogP contribution in [0, 0.1) is 6.92 Å². The summed E-state index contributed by atoms with van der Waals surface area (Å²) < 4.78 is 0. The fourth-order valence-corrected chi connectivity index (χ4v) is 2.14. The number of thiophene rings is 1. The molecule has 0 fully saturated rings. The summed E-state index contributed by atoms with van der Waals surface area (Å²) >= 11 is 1.73. The third kappa shape index (κ3) is 2.73. The molecule has 2 rings (SSSR count). The van der Waals surface area contributed by atoms with E-state index in [4.69, 9.17) is 5.73 Å². The lowest BCUT2D eigenvalue weighted by Gasteiger charge is -2.06. The van der Waals surface area contributed by atoms with Crippen molar-refractivity contribution in [3.05, 3.63) is 40.2 Å². The van der Waals surface area contributed by atoms with Crippen LogP contribution in [0.15, 0.2) is 29.0 Å². The Balaban J connectivity index is 1.87. The van der Waals surface area contributed by atoms with Crippen molar-refractivity contribution in [3.63, 3.8) is 0 Å². The number of hydrogen-bond donors (Lipinski definition) is 2. The molecule has 0 aromatic carbocycles. The van der Waals surface area contributed by atoms with Crippen molar-refractivity contribution in [1.29, 1.82) is 0 Å². The normalized spacial score (nSPS) is 10.3. The van der Waals surface area contributed by atoms with Crippen LogP contribution in [0.2, 0.25) is 0 Å². The zero-order valence-corrected chi connectivity index (χ0v) is 10.1. The molecule has 0 bridgehead atoms. The van der Waals surface area contributed by atoms with Crippen LogP contribution < -0.4 is 11.1 Å². The quantitative estimate of drug-likeness (QED) is 0.853. The van der Waals surface area contributed by atoms with Gasteiger partial charge in [0.1, 0.15) is 5.82 Å². The molecule has 0 atom stereocenters. The molecule has 84 valence electrons. The molecule has 2 aromatic rings.